The Balaban J connectivity index is 0.919. The molecule has 1 fully saturated rings. The largest absolute Gasteiger partial charge is 0.487 e. The van der Waals surface area contributed by atoms with Crippen LogP contribution >= 0.6 is 0 Å². The van der Waals surface area contributed by atoms with Gasteiger partial charge >= 0.3 is 0 Å². The van der Waals surface area contributed by atoms with Gasteiger partial charge in [-0.25, -0.2) is 0 Å². The maximum atomic E-state index is 6.76. The predicted molar refractivity (Wildman–Crippen MR) is 210 cm³/mol. The van der Waals surface area contributed by atoms with E-state index in [0.29, 0.717) is 30.0 Å². The van der Waals surface area contributed by atoms with Crippen LogP contribution in [0.3, 0.4) is 0 Å². The summed E-state index contributed by atoms with van der Waals surface area (Å²) in [5.41, 5.74) is 13.1. The number of benzene rings is 2. The summed E-state index contributed by atoms with van der Waals surface area (Å²) >= 11 is 0. The molecule has 1 saturated carbocycles. The van der Waals surface area contributed by atoms with Gasteiger partial charge in [0.15, 0.2) is 0 Å². The molecule has 0 amide bonds. The molecule has 0 saturated heterocycles. The van der Waals surface area contributed by atoms with E-state index < -0.39 is 0 Å². The van der Waals surface area contributed by atoms with Gasteiger partial charge in [0, 0.05) is 45.3 Å². The Hall–Kier alpha value is -4.50. The average molecular weight is 669 g/mol. The Labute approximate surface area is 302 Å². The van der Waals surface area contributed by atoms with E-state index in [2.05, 4.69) is 125 Å². The second kappa shape index (κ2) is 12.0. The molecule has 3 nitrogen and oxygen atoms in total. The van der Waals surface area contributed by atoms with Gasteiger partial charge in [-0.3, -0.25) is 0 Å². The van der Waals surface area contributed by atoms with Gasteiger partial charge in [-0.2, -0.15) is 0 Å². The number of hydrogen-bond acceptors (Lipinski definition) is 2. The first kappa shape index (κ1) is 30.2. The standard InChI is InChI=1S/C48H48N2O/c1-2-11-31(12-3-1)32-21-25-35(26-22-32)49-42-17-7-4-13-36(42)40-29-33(23-27-44(40)49)34-24-28-45-41(30-34)37-14-5-8-18-43(37)50(45)46-19-10-16-39-38-15-6-9-20-47(38)51-48(39)46/h4-6,9-10,13-16,20-25,27-31,35,39,41,45-46,48H,1-3,7-8,11-12,17-19,26H2. The summed E-state index contributed by atoms with van der Waals surface area (Å²) in [6, 6.07) is 17.1. The molecule has 3 heteroatoms. The van der Waals surface area contributed by atoms with Gasteiger partial charge in [0.05, 0.1) is 18.1 Å². The Morgan fingerprint density at radius 3 is 2.59 bits per heavy atom. The van der Waals surface area contributed by atoms with Crippen molar-refractivity contribution in [3.8, 4) is 5.75 Å². The zero-order valence-corrected chi connectivity index (χ0v) is 29.6. The Bertz CT molecular complexity index is 2170. The minimum atomic E-state index is 0.156. The molecule has 11 rings (SSSR count). The lowest BCUT2D eigenvalue weighted by atomic mass is 9.81. The van der Waals surface area contributed by atoms with Crippen LogP contribution in [0.15, 0.2) is 126 Å². The third-order valence-corrected chi connectivity index (χ3v) is 13.6. The van der Waals surface area contributed by atoms with Crippen LogP contribution in [0, 0.1) is 11.8 Å². The summed E-state index contributed by atoms with van der Waals surface area (Å²) in [5, 5.41) is 1.41. The molecule has 0 bridgehead atoms. The van der Waals surface area contributed by atoms with Gasteiger partial charge in [0.2, 0.25) is 0 Å². The lowest BCUT2D eigenvalue weighted by Crippen LogP contribution is -2.50. The highest BCUT2D eigenvalue weighted by Gasteiger charge is 2.49. The molecule has 6 unspecified atom stereocenters. The van der Waals surface area contributed by atoms with Gasteiger partial charge in [0.25, 0.3) is 0 Å². The highest BCUT2D eigenvalue weighted by atomic mass is 16.5. The average Bonchev–Trinajstić information content (AvgIpc) is 3.86. The van der Waals surface area contributed by atoms with Crippen LogP contribution in [0.25, 0.3) is 22.6 Å². The van der Waals surface area contributed by atoms with E-state index >= 15 is 0 Å². The molecule has 0 N–H and O–H groups in total. The maximum absolute atomic E-state index is 6.76. The van der Waals surface area contributed by atoms with Crippen molar-refractivity contribution in [3.63, 3.8) is 0 Å². The number of aromatic nitrogens is 1. The molecule has 6 aliphatic carbocycles. The highest BCUT2D eigenvalue weighted by molar-refractivity contribution is 5.95. The van der Waals surface area contributed by atoms with Gasteiger partial charge < -0.3 is 14.2 Å². The first-order valence-electron chi connectivity index (χ1n) is 20.0. The van der Waals surface area contributed by atoms with Crippen molar-refractivity contribution in [1.29, 1.82) is 0 Å². The minimum absolute atomic E-state index is 0.156. The molecule has 6 atom stereocenters. The monoisotopic (exact) mass is 668 g/mol. The first-order valence-corrected chi connectivity index (χ1v) is 20.0. The number of hydrogen-bond donors (Lipinski definition) is 0. The molecule has 1 aromatic heterocycles. The van der Waals surface area contributed by atoms with Crippen molar-refractivity contribution >= 4 is 22.6 Å². The zero-order valence-electron chi connectivity index (χ0n) is 29.6. The number of rotatable bonds is 4. The van der Waals surface area contributed by atoms with Gasteiger partial charge in [0.1, 0.15) is 11.9 Å². The van der Waals surface area contributed by atoms with Crippen LogP contribution in [0.5, 0.6) is 5.75 Å². The molecule has 51 heavy (non-hydrogen) atoms. The van der Waals surface area contributed by atoms with Crippen molar-refractivity contribution in [3.05, 3.63) is 149 Å². The lowest BCUT2D eigenvalue weighted by molar-refractivity contribution is 0.0768. The molecule has 2 aromatic carbocycles. The Kier molecular flexibility index (Phi) is 7.12. The van der Waals surface area contributed by atoms with Crippen LogP contribution in [0.1, 0.15) is 98.6 Å². The highest BCUT2D eigenvalue weighted by Crippen LogP contribution is 2.51. The number of ether oxygens (including phenoxy) is 1. The lowest BCUT2D eigenvalue weighted by Gasteiger charge is -2.43. The quantitative estimate of drug-likeness (QED) is 0.258. The zero-order chi connectivity index (χ0) is 33.5. The third kappa shape index (κ3) is 4.76. The molecule has 3 aromatic rings. The Morgan fingerprint density at radius 2 is 1.67 bits per heavy atom. The van der Waals surface area contributed by atoms with Crippen LogP contribution < -0.4 is 4.74 Å². The molecule has 3 heterocycles. The van der Waals surface area contributed by atoms with Crippen molar-refractivity contribution in [2.75, 3.05) is 0 Å². The van der Waals surface area contributed by atoms with Crippen molar-refractivity contribution in [1.82, 2.24) is 9.47 Å². The van der Waals surface area contributed by atoms with Gasteiger partial charge in [-0.05, 0) is 97.8 Å². The van der Waals surface area contributed by atoms with E-state index in [9.17, 15) is 0 Å². The van der Waals surface area contributed by atoms with Crippen molar-refractivity contribution in [2.45, 2.75) is 101 Å². The van der Waals surface area contributed by atoms with Crippen molar-refractivity contribution in [2.24, 2.45) is 11.8 Å². The summed E-state index contributed by atoms with van der Waals surface area (Å²) < 4.78 is 9.46. The first-order chi connectivity index (χ1) is 25.3. The van der Waals surface area contributed by atoms with E-state index in [1.165, 1.54) is 76.5 Å². The summed E-state index contributed by atoms with van der Waals surface area (Å²) in [4.78, 5) is 2.79. The minimum Gasteiger partial charge on any atom is -0.487 e. The van der Waals surface area contributed by atoms with Crippen LogP contribution in [-0.4, -0.2) is 27.7 Å². The fourth-order valence-corrected chi connectivity index (χ4v) is 11.2. The summed E-state index contributed by atoms with van der Waals surface area (Å²) in [5.74, 6) is 2.54. The molecule has 256 valence electrons. The predicted octanol–water partition coefficient (Wildman–Crippen LogP) is 11.3. The third-order valence-electron chi connectivity index (χ3n) is 13.6. The Morgan fingerprint density at radius 1 is 0.765 bits per heavy atom. The van der Waals surface area contributed by atoms with Crippen molar-refractivity contribution < 1.29 is 4.74 Å². The van der Waals surface area contributed by atoms with E-state index in [1.807, 2.05) is 0 Å². The molecule has 0 radical (unpaired) electrons. The second-order valence-electron chi connectivity index (χ2n) is 16.2. The topological polar surface area (TPSA) is 17.4 Å². The van der Waals surface area contributed by atoms with Gasteiger partial charge in [-0.15, -0.1) is 0 Å². The SMILES string of the molecule is C1=CC2=C(CC1)N(C1CC=CC3c4ccccc4OC31)C1C=CC(c3ccc4c(c3)c3c(n4C4C=CC(C5CCCCC5)=CC4)CCC=C3)=CC21. The van der Waals surface area contributed by atoms with Gasteiger partial charge in [-0.1, -0.05) is 116 Å². The fraction of sp³-hybridized carbons (Fsp3) is 0.375. The molecular weight excluding hydrogens is 621 g/mol. The summed E-state index contributed by atoms with van der Waals surface area (Å²) in [6.45, 7) is 0. The molecular formula is C48H48N2O. The number of allylic oxidation sites excluding steroid dienone is 10. The van der Waals surface area contributed by atoms with Crippen LogP contribution in [0.4, 0.5) is 0 Å². The number of fused-ring (bicyclic) bond motifs is 8. The van der Waals surface area contributed by atoms with E-state index in [1.54, 1.807) is 11.3 Å². The van der Waals surface area contributed by atoms with E-state index in [-0.39, 0.29) is 6.10 Å². The molecule has 8 aliphatic rings. The van der Waals surface area contributed by atoms with E-state index in [0.717, 1.165) is 50.2 Å². The second-order valence-corrected chi connectivity index (χ2v) is 16.2. The number of para-hydroxylation sites is 1. The summed E-state index contributed by atoms with van der Waals surface area (Å²) in [7, 11) is 0. The summed E-state index contributed by atoms with van der Waals surface area (Å²) in [6.07, 6.45) is 43.3. The fourth-order valence-electron chi connectivity index (χ4n) is 11.2. The van der Waals surface area contributed by atoms with Crippen LogP contribution in [-0.2, 0) is 6.42 Å². The van der Waals surface area contributed by atoms with Crippen LogP contribution in [0.2, 0.25) is 0 Å². The maximum Gasteiger partial charge on any atom is 0.130 e. The number of nitrogens with zero attached hydrogens (tertiary/aromatic N) is 2. The molecule has 2 aliphatic heterocycles. The smallest absolute Gasteiger partial charge is 0.130 e. The van der Waals surface area contributed by atoms with E-state index in [4.69, 9.17) is 4.74 Å². The normalized spacial score (nSPS) is 30.5. The molecule has 0 spiro atoms.